The lowest BCUT2D eigenvalue weighted by Gasteiger charge is -2.21. The summed E-state index contributed by atoms with van der Waals surface area (Å²) in [5.41, 5.74) is 9.56. The van der Waals surface area contributed by atoms with Crippen LogP contribution in [0.4, 0.5) is 0 Å². The number of rotatable bonds is 4. The van der Waals surface area contributed by atoms with E-state index in [1.807, 2.05) is 67.0 Å². The number of para-hydroxylation sites is 2. The monoisotopic (exact) mass is 546 g/mol. The zero-order chi connectivity index (χ0) is 28.8. The second-order valence-electron chi connectivity index (χ2n) is 11.6. The van der Waals surface area contributed by atoms with Crippen LogP contribution in [0.15, 0.2) is 122 Å². The first-order valence-corrected chi connectivity index (χ1v) is 14.1. The van der Waals surface area contributed by atoms with Crippen LogP contribution in [0.3, 0.4) is 0 Å². The van der Waals surface area contributed by atoms with Crippen LogP contribution in [-0.2, 0) is 5.41 Å². The van der Waals surface area contributed by atoms with Gasteiger partial charge >= 0.3 is 0 Å². The van der Waals surface area contributed by atoms with Gasteiger partial charge in [0.05, 0.1) is 33.5 Å². The maximum absolute atomic E-state index is 11.0. The van der Waals surface area contributed by atoms with E-state index >= 15 is 0 Å². The van der Waals surface area contributed by atoms with Gasteiger partial charge in [-0.3, -0.25) is 14.5 Å². The second-order valence-corrected chi connectivity index (χ2v) is 11.6. The Morgan fingerprint density at radius 3 is 2.24 bits per heavy atom. The summed E-state index contributed by atoms with van der Waals surface area (Å²) < 4.78 is 2.14. The summed E-state index contributed by atoms with van der Waals surface area (Å²) >= 11 is 0. The van der Waals surface area contributed by atoms with Gasteiger partial charge < -0.3 is 5.11 Å². The van der Waals surface area contributed by atoms with Crippen LogP contribution in [0, 0.1) is 0 Å². The largest absolute Gasteiger partial charge is 0.507 e. The number of aromatic hydroxyl groups is 1. The minimum atomic E-state index is -0.0657. The Labute approximate surface area is 244 Å². The van der Waals surface area contributed by atoms with Crippen molar-refractivity contribution in [1.82, 2.24) is 19.5 Å². The maximum Gasteiger partial charge on any atom is 0.149 e. The Bertz CT molecular complexity index is 2080. The molecule has 7 aromatic rings. The fraction of sp³-hybridized carbons (Fsp3) is 0.108. The first kappa shape index (κ1) is 25.7. The number of fused-ring (bicyclic) bond motifs is 2. The molecule has 204 valence electrons. The molecule has 5 nitrogen and oxygen atoms in total. The van der Waals surface area contributed by atoms with Gasteiger partial charge in [-0.25, -0.2) is 4.98 Å². The molecule has 0 aliphatic carbocycles. The molecule has 0 unspecified atom stereocenters. The summed E-state index contributed by atoms with van der Waals surface area (Å²) in [6, 6.07) is 36.5. The zero-order valence-corrected chi connectivity index (χ0v) is 23.8. The van der Waals surface area contributed by atoms with E-state index in [1.165, 1.54) is 5.56 Å². The van der Waals surface area contributed by atoms with E-state index in [9.17, 15) is 5.11 Å². The molecule has 0 aliphatic heterocycles. The van der Waals surface area contributed by atoms with Gasteiger partial charge in [0.15, 0.2) is 0 Å². The van der Waals surface area contributed by atoms with Gasteiger partial charge in [0.25, 0.3) is 0 Å². The number of benzene rings is 4. The first-order valence-electron chi connectivity index (χ1n) is 14.1. The summed E-state index contributed by atoms with van der Waals surface area (Å²) in [7, 11) is 0. The lowest BCUT2D eigenvalue weighted by atomic mass is 9.83. The van der Waals surface area contributed by atoms with Crippen LogP contribution in [0.1, 0.15) is 26.3 Å². The highest BCUT2D eigenvalue weighted by Crippen LogP contribution is 2.40. The van der Waals surface area contributed by atoms with Crippen LogP contribution >= 0.6 is 0 Å². The van der Waals surface area contributed by atoms with Gasteiger partial charge in [0.1, 0.15) is 11.6 Å². The number of phenols is 1. The average Bonchev–Trinajstić information content (AvgIpc) is 3.40. The minimum absolute atomic E-state index is 0.0657. The third-order valence-electron chi connectivity index (χ3n) is 7.76. The molecule has 0 saturated heterocycles. The molecule has 0 atom stereocenters. The van der Waals surface area contributed by atoms with E-state index in [0.29, 0.717) is 11.4 Å². The molecule has 42 heavy (non-hydrogen) atoms. The van der Waals surface area contributed by atoms with Crippen LogP contribution in [-0.4, -0.2) is 24.6 Å². The third kappa shape index (κ3) is 4.40. The zero-order valence-electron chi connectivity index (χ0n) is 23.8. The van der Waals surface area contributed by atoms with Crippen molar-refractivity contribution < 1.29 is 5.11 Å². The normalized spacial score (nSPS) is 11.8. The highest BCUT2D eigenvalue weighted by Gasteiger charge is 2.22. The molecule has 0 fully saturated rings. The Morgan fingerprint density at radius 1 is 0.667 bits per heavy atom. The number of imidazole rings is 1. The topological polar surface area (TPSA) is 63.8 Å². The van der Waals surface area contributed by atoms with Gasteiger partial charge in [0.2, 0.25) is 0 Å². The quantitative estimate of drug-likeness (QED) is 0.239. The van der Waals surface area contributed by atoms with Crippen molar-refractivity contribution in [1.29, 1.82) is 0 Å². The number of pyridine rings is 2. The second kappa shape index (κ2) is 9.96. The summed E-state index contributed by atoms with van der Waals surface area (Å²) in [5.74, 6) is 0.852. The fourth-order valence-electron chi connectivity index (χ4n) is 5.60. The van der Waals surface area contributed by atoms with Gasteiger partial charge in [-0.15, -0.1) is 0 Å². The molecule has 3 heterocycles. The predicted octanol–water partition coefficient (Wildman–Crippen LogP) is 8.97. The molecular formula is C37H30N4O. The summed E-state index contributed by atoms with van der Waals surface area (Å²) in [4.78, 5) is 14.5. The van der Waals surface area contributed by atoms with Gasteiger partial charge in [-0.05, 0) is 83.3 Å². The van der Waals surface area contributed by atoms with E-state index in [4.69, 9.17) is 4.98 Å². The summed E-state index contributed by atoms with van der Waals surface area (Å²) in [6.45, 7) is 6.69. The molecule has 0 aliphatic rings. The van der Waals surface area contributed by atoms with Crippen LogP contribution < -0.4 is 0 Å². The van der Waals surface area contributed by atoms with E-state index in [-0.39, 0.29) is 11.2 Å². The van der Waals surface area contributed by atoms with Gasteiger partial charge in [-0.1, -0.05) is 63.2 Å². The number of hydrogen-bond acceptors (Lipinski definition) is 4. The highest BCUT2D eigenvalue weighted by molar-refractivity contribution is 5.99. The van der Waals surface area contributed by atoms with E-state index in [0.717, 1.165) is 50.0 Å². The third-order valence-corrected chi connectivity index (χ3v) is 7.76. The van der Waals surface area contributed by atoms with Crippen molar-refractivity contribution in [3.05, 3.63) is 127 Å². The Balaban J connectivity index is 1.56. The maximum atomic E-state index is 11.0. The highest BCUT2D eigenvalue weighted by atomic mass is 16.3. The number of aromatic nitrogens is 4. The van der Waals surface area contributed by atoms with Crippen LogP contribution in [0.25, 0.3) is 61.4 Å². The summed E-state index contributed by atoms with van der Waals surface area (Å²) in [6.07, 6.45) is 3.64. The predicted molar refractivity (Wildman–Crippen MR) is 171 cm³/mol. The van der Waals surface area contributed by atoms with Crippen molar-refractivity contribution in [3.63, 3.8) is 0 Å². The van der Waals surface area contributed by atoms with Gasteiger partial charge in [0, 0.05) is 28.9 Å². The van der Waals surface area contributed by atoms with Crippen molar-refractivity contribution >= 4 is 21.9 Å². The molecule has 0 amide bonds. The van der Waals surface area contributed by atoms with Crippen LogP contribution in [0.2, 0.25) is 0 Å². The number of nitrogens with zero attached hydrogens (tertiary/aromatic N) is 4. The van der Waals surface area contributed by atoms with Gasteiger partial charge in [-0.2, -0.15) is 0 Å². The van der Waals surface area contributed by atoms with Crippen molar-refractivity contribution in [2.75, 3.05) is 0 Å². The molecule has 3 aromatic heterocycles. The Hall–Kier alpha value is -5.29. The van der Waals surface area contributed by atoms with Crippen molar-refractivity contribution in [2.45, 2.75) is 26.2 Å². The molecule has 0 spiro atoms. The first-order chi connectivity index (χ1) is 20.4. The SMILES string of the molecule is CC(C)(C)c1cc(-c2ccccn2)cc(-c2cccc3c2nc(-c2ccccc2O)n3-c2cccc3ncccc23)c1. The molecule has 0 saturated carbocycles. The minimum Gasteiger partial charge on any atom is -0.507 e. The average molecular weight is 547 g/mol. The molecule has 7 rings (SSSR count). The lowest BCUT2D eigenvalue weighted by Crippen LogP contribution is -2.11. The van der Waals surface area contributed by atoms with Crippen molar-refractivity contribution in [2.24, 2.45) is 0 Å². The lowest BCUT2D eigenvalue weighted by molar-refractivity contribution is 0.477. The van der Waals surface area contributed by atoms with E-state index in [2.05, 4.69) is 83.8 Å². The molecular weight excluding hydrogens is 516 g/mol. The number of phenolic OH excluding ortho intramolecular Hbond substituents is 1. The number of hydrogen-bond donors (Lipinski definition) is 1. The molecule has 4 aromatic carbocycles. The Kier molecular flexibility index (Phi) is 6.09. The molecule has 5 heteroatoms. The molecule has 0 radical (unpaired) electrons. The van der Waals surface area contributed by atoms with E-state index in [1.54, 1.807) is 6.07 Å². The molecule has 0 bridgehead atoms. The smallest absolute Gasteiger partial charge is 0.149 e. The Morgan fingerprint density at radius 2 is 1.43 bits per heavy atom. The fourth-order valence-corrected chi connectivity index (χ4v) is 5.60. The summed E-state index contributed by atoms with van der Waals surface area (Å²) in [5, 5.41) is 12.0. The molecule has 1 N–H and O–H groups in total. The van der Waals surface area contributed by atoms with E-state index < -0.39 is 0 Å². The van der Waals surface area contributed by atoms with Crippen LogP contribution in [0.5, 0.6) is 5.75 Å². The van der Waals surface area contributed by atoms with Crippen molar-refractivity contribution in [3.8, 4) is 45.2 Å². The standard InChI is InChI=1S/C37H30N4O/c1-37(2,3)26-22-24(21-25(23-26)30-14-6-7-19-38-30)27-12-8-17-33-35(27)40-36(29-11-4-5-18-34(29)42)41(33)32-16-9-15-31-28(32)13-10-20-39-31/h4-23,42H,1-3H3.